The molecule has 0 N–H and O–H groups in total. The van der Waals surface area contributed by atoms with Crippen LogP contribution in [0.3, 0.4) is 0 Å². The van der Waals surface area contributed by atoms with Gasteiger partial charge in [0.25, 0.3) is 0 Å². The van der Waals surface area contributed by atoms with Gasteiger partial charge >= 0.3 is 9.28 Å². The molecule has 2 rings (SSSR count). The molecule has 0 aromatic heterocycles. The molecule has 0 radical (unpaired) electrons. The van der Waals surface area contributed by atoms with Crippen LogP contribution in [0.1, 0.15) is 52.9 Å². The first-order valence-corrected chi connectivity index (χ1v) is 8.59. The van der Waals surface area contributed by atoms with Gasteiger partial charge in [0.1, 0.15) is 0 Å². The Labute approximate surface area is 108 Å². The Morgan fingerprint density at radius 2 is 1.65 bits per heavy atom. The van der Waals surface area contributed by atoms with Gasteiger partial charge in [-0.3, -0.25) is 0 Å². The van der Waals surface area contributed by atoms with Crippen molar-refractivity contribution in [2.24, 2.45) is 16.7 Å². The average Bonchev–Trinajstić information content (AvgIpc) is 2.84. The van der Waals surface area contributed by atoms with Crippen molar-refractivity contribution in [2.75, 3.05) is 14.2 Å². The maximum Gasteiger partial charge on any atom is 0.325 e. The Balaban J connectivity index is 2.27. The van der Waals surface area contributed by atoms with Crippen LogP contribution in [0.5, 0.6) is 0 Å². The van der Waals surface area contributed by atoms with Crippen molar-refractivity contribution < 1.29 is 8.85 Å². The first-order valence-electron chi connectivity index (χ1n) is 6.98. The number of hydrogen-bond acceptors (Lipinski definition) is 2. The maximum atomic E-state index is 5.76. The molecule has 2 aliphatic rings. The van der Waals surface area contributed by atoms with Crippen molar-refractivity contribution in [3.05, 3.63) is 0 Å². The average molecular weight is 256 g/mol. The second-order valence-corrected chi connectivity index (χ2v) is 9.54. The lowest BCUT2D eigenvalue weighted by atomic mass is 9.71. The smallest absolute Gasteiger partial charge is 0.325 e. The van der Waals surface area contributed by atoms with Crippen molar-refractivity contribution in [3.63, 3.8) is 0 Å². The van der Waals surface area contributed by atoms with Gasteiger partial charge in [0, 0.05) is 19.8 Å². The van der Waals surface area contributed by atoms with Gasteiger partial charge in [-0.05, 0) is 48.9 Å². The molecule has 100 valence electrons. The standard InChI is InChI=1S/C14H28O2Si/c1-13(2,3)12(17(15-4)16-5)14-8-6-11(10-14)7-9-14/h11-12,17H,6-10H2,1-5H3. The summed E-state index contributed by atoms with van der Waals surface area (Å²) in [5, 5.41) is 0. The van der Waals surface area contributed by atoms with E-state index >= 15 is 0 Å². The first kappa shape index (κ1) is 13.6. The molecule has 0 amide bonds. The summed E-state index contributed by atoms with van der Waals surface area (Å²) in [6.07, 6.45) is 7.15. The van der Waals surface area contributed by atoms with E-state index in [1.807, 2.05) is 14.2 Å². The Hall–Kier alpha value is 0.137. The van der Waals surface area contributed by atoms with Crippen LogP contribution in [0, 0.1) is 16.7 Å². The summed E-state index contributed by atoms with van der Waals surface area (Å²) < 4.78 is 11.5. The van der Waals surface area contributed by atoms with Gasteiger partial charge < -0.3 is 8.85 Å². The zero-order valence-electron chi connectivity index (χ0n) is 12.1. The maximum absolute atomic E-state index is 5.76. The molecule has 0 aromatic rings. The fourth-order valence-electron chi connectivity index (χ4n) is 4.66. The van der Waals surface area contributed by atoms with Crippen LogP contribution >= 0.6 is 0 Å². The lowest BCUT2D eigenvalue weighted by molar-refractivity contribution is 0.126. The normalized spacial score (nSPS) is 34.6. The highest BCUT2D eigenvalue weighted by atomic mass is 28.3. The van der Waals surface area contributed by atoms with Gasteiger partial charge in [0.05, 0.1) is 0 Å². The topological polar surface area (TPSA) is 18.5 Å². The van der Waals surface area contributed by atoms with Crippen LogP contribution in [0.25, 0.3) is 0 Å². The summed E-state index contributed by atoms with van der Waals surface area (Å²) in [6, 6.07) is 0. The van der Waals surface area contributed by atoms with E-state index < -0.39 is 9.28 Å². The summed E-state index contributed by atoms with van der Waals surface area (Å²) in [5.74, 6) is 1.00. The molecule has 1 atom stereocenters. The third-order valence-electron chi connectivity index (χ3n) is 5.13. The molecule has 0 heterocycles. The Morgan fingerprint density at radius 1 is 1.12 bits per heavy atom. The number of hydrogen-bond donors (Lipinski definition) is 0. The van der Waals surface area contributed by atoms with Gasteiger partial charge in [0.15, 0.2) is 0 Å². The van der Waals surface area contributed by atoms with Crippen LogP contribution < -0.4 is 0 Å². The van der Waals surface area contributed by atoms with Crippen molar-refractivity contribution in [1.29, 1.82) is 0 Å². The van der Waals surface area contributed by atoms with E-state index in [-0.39, 0.29) is 0 Å². The number of rotatable bonds is 4. The van der Waals surface area contributed by atoms with E-state index in [4.69, 9.17) is 8.85 Å². The summed E-state index contributed by atoms with van der Waals surface area (Å²) in [5.41, 5.74) is 1.51. The Morgan fingerprint density at radius 3 is 1.94 bits per heavy atom. The second-order valence-electron chi connectivity index (χ2n) is 7.19. The highest BCUT2D eigenvalue weighted by molar-refractivity contribution is 6.46. The second kappa shape index (κ2) is 4.67. The molecular formula is C14H28O2Si. The molecule has 1 unspecified atom stereocenters. The van der Waals surface area contributed by atoms with Crippen molar-refractivity contribution in [2.45, 2.75) is 58.4 Å². The molecule has 2 aliphatic carbocycles. The van der Waals surface area contributed by atoms with Gasteiger partial charge in [-0.15, -0.1) is 0 Å². The lowest BCUT2D eigenvalue weighted by Gasteiger charge is -2.46. The summed E-state index contributed by atoms with van der Waals surface area (Å²) >= 11 is 0. The molecule has 0 aromatic carbocycles. The van der Waals surface area contributed by atoms with E-state index in [0.717, 1.165) is 5.92 Å². The SMILES string of the molecule is CO[SiH](OC)C(C(C)(C)C)C12CCC(CC1)C2. The predicted octanol–water partition coefficient (Wildman–Crippen LogP) is 3.50. The molecular weight excluding hydrogens is 228 g/mol. The van der Waals surface area contributed by atoms with E-state index in [2.05, 4.69) is 20.8 Å². The summed E-state index contributed by atoms with van der Waals surface area (Å²) in [4.78, 5) is 0. The Kier molecular flexibility index (Phi) is 3.73. The predicted molar refractivity (Wildman–Crippen MR) is 73.4 cm³/mol. The molecule has 2 nitrogen and oxygen atoms in total. The van der Waals surface area contributed by atoms with E-state index in [0.29, 0.717) is 16.4 Å². The molecule has 0 saturated heterocycles. The van der Waals surface area contributed by atoms with Gasteiger partial charge in [-0.1, -0.05) is 20.8 Å². The highest BCUT2D eigenvalue weighted by Gasteiger charge is 2.56. The molecule has 2 bridgehead atoms. The monoisotopic (exact) mass is 256 g/mol. The fraction of sp³-hybridized carbons (Fsp3) is 1.00. The van der Waals surface area contributed by atoms with Crippen LogP contribution in [0.2, 0.25) is 5.54 Å². The van der Waals surface area contributed by atoms with Gasteiger partial charge in [-0.25, -0.2) is 0 Å². The van der Waals surface area contributed by atoms with E-state index in [1.165, 1.54) is 32.1 Å². The van der Waals surface area contributed by atoms with Crippen molar-refractivity contribution in [1.82, 2.24) is 0 Å². The molecule has 2 fully saturated rings. The van der Waals surface area contributed by atoms with Gasteiger partial charge in [0.2, 0.25) is 0 Å². The van der Waals surface area contributed by atoms with E-state index in [9.17, 15) is 0 Å². The minimum Gasteiger partial charge on any atom is -0.400 e. The zero-order valence-corrected chi connectivity index (χ0v) is 13.2. The molecule has 0 aliphatic heterocycles. The quantitative estimate of drug-likeness (QED) is 0.717. The zero-order chi connectivity index (χ0) is 12.7. The molecule has 3 heteroatoms. The number of fused-ring (bicyclic) bond motifs is 2. The minimum absolute atomic E-state index is 0.308. The highest BCUT2D eigenvalue weighted by Crippen LogP contribution is 2.64. The summed E-state index contributed by atoms with van der Waals surface area (Å²) in [7, 11) is 2.15. The van der Waals surface area contributed by atoms with Crippen LogP contribution in [0.4, 0.5) is 0 Å². The van der Waals surface area contributed by atoms with Crippen LogP contribution in [-0.4, -0.2) is 23.5 Å². The van der Waals surface area contributed by atoms with Crippen LogP contribution in [0.15, 0.2) is 0 Å². The lowest BCUT2D eigenvalue weighted by Crippen LogP contribution is -2.43. The van der Waals surface area contributed by atoms with Crippen molar-refractivity contribution in [3.8, 4) is 0 Å². The van der Waals surface area contributed by atoms with E-state index in [1.54, 1.807) is 0 Å². The van der Waals surface area contributed by atoms with Crippen LogP contribution in [-0.2, 0) is 8.85 Å². The Bertz CT molecular complexity index is 260. The fourth-order valence-corrected chi connectivity index (χ4v) is 7.26. The van der Waals surface area contributed by atoms with Crippen molar-refractivity contribution >= 4 is 9.28 Å². The first-order chi connectivity index (χ1) is 7.93. The third kappa shape index (κ3) is 2.34. The third-order valence-corrected chi connectivity index (χ3v) is 8.31. The molecule has 0 spiro atoms. The largest absolute Gasteiger partial charge is 0.400 e. The minimum atomic E-state index is -1.54. The molecule has 17 heavy (non-hydrogen) atoms. The molecule has 2 saturated carbocycles. The van der Waals surface area contributed by atoms with Gasteiger partial charge in [-0.2, -0.15) is 0 Å². The summed E-state index contributed by atoms with van der Waals surface area (Å²) in [6.45, 7) is 7.11.